The fraction of sp³-hybridized carbons (Fsp3) is 0.375. The smallest absolute Gasteiger partial charge is 0.233 e. The van der Waals surface area contributed by atoms with Crippen LogP contribution in [0.4, 0.5) is 11.8 Å². The molecule has 1 N–H and O–H groups in total. The molecule has 1 aliphatic carbocycles. The topological polar surface area (TPSA) is 65.9 Å². The third-order valence-corrected chi connectivity index (χ3v) is 6.34. The van der Waals surface area contributed by atoms with E-state index in [9.17, 15) is 0 Å². The second-order valence-corrected chi connectivity index (χ2v) is 9.09. The average Bonchev–Trinajstić information content (AvgIpc) is 3.35. The van der Waals surface area contributed by atoms with Gasteiger partial charge in [-0.05, 0) is 50.6 Å². The number of allylic oxidation sites excluding steroid dienone is 1. The molecule has 0 spiro atoms. The SMILES string of the molecule is CC1=CC(Nc2nc(Oc3ccc4c(c3Cl)C=C(C)C4)cc(N3CCN(C)CC3)n2)=NC1. The molecule has 0 radical (unpaired) electrons. The minimum absolute atomic E-state index is 0.455. The predicted octanol–water partition coefficient (Wildman–Crippen LogP) is 4.40. The van der Waals surface area contributed by atoms with Crippen molar-refractivity contribution in [2.24, 2.45) is 4.99 Å². The standard InChI is InChI=1S/C24H27ClN6O/c1-15-10-17-4-5-19(23(25)18(17)11-15)32-22-13-21(31-8-6-30(3)7-9-31)28-24(29-22)27-20-12-16(2)14-26-20/h4-5,11-13H,6-10,14H2,1-3H3,(H,26,27,28,29). The zero-order chi connectivity index (χ0) is 22.2. The van der Waals surface area contributed by atoms with Gasteiger partial charge < -0.3 is 19.9 Å². The van der Waals surface area contributed by atoms with Gasteiger partial charge in [0, 0.05) is 37.8 Å². The highest BCUT2D eigenvalue weighted by Gasteiger charge is 2.21. The van der Waals surface area contributed by atoms with E-state index in [0.717, 1.165) is 49.8 Å². The van der Waals surface area contributed by atoms with Gasteiger partial charge in [-0.1, -0.05) is 29.3 Å². The van der Waals surface area contributed by atoms with Gasteiger partial charge in [0.25, 0.3) is 0 Å². The fourth-order valence-electron chi connectivity index (χ4n) is 4.16. The Labute approximate surface area is 193 Å². The van der Waals surface area contributed by atoms with E-state index < -0.39 is 0 Å². The van der Waals surface area contributed by atoms with Crippen LogP contribution in [0.15, 0.2) is 40.4 Å². The number of aromatic nitrogens is 2. The van der Waals surface area contributed by atoms with Gasteiger partial charge in [0.1, 0.15) is 17.4 Å². The highest BCUT2D eigenvalue weighted by Crippen LogP contribution is 2.39. The first kappa shape index (κ1) is 21.0. The van der Waals surface area contributed by atoms with E-state index in [1.54, 1.807) is 0 Å². The number of fused-ring (bicyclic) bond motifs is 1. The normalized spacial score (nSPS) is 18.2. The number of ether oxygens (including phenoxy) is 1. The third-order valence-electron chi connectivity index (χ3n) is 5.95. The molecule has 1 fully saturated rings. The first-order chi connectivity index (χ1) is 15.4. The lowest BCUT2D eigenvalue weighted by Crippen LogP contribution is -2.44. The van der Waals surface area contributed by atoms with Crippen molar-refractivity contribution in [1.82, 2.24) is 14.9 Å². The van der Waals surface area contributed by atoms with E-state index >= 15 is 0 Å². The van der Waals surface area contributed by atoms with Crippen molar-refractivity contribution < 1.29 is 4.74 Å². The van der Waals surface area contributed by atoms with Gasteiger partial charge in [0.05, 0.1) is 11.6 Å². The minimum Gasteiger partial charge on any atom is -0.437 e. The van der Waals surface area contributed by atoms with Crippen LogP contribution in [0.25, 0.3) is 6.08 Å². The molecule has 0 unspecified atom stereocenters. The molecule has 1 aromatic heterocycles. The van der Waals surface area contributed by atoms with Crippen molar-refractivity contribution in [2.45, 2.75) is 20.3 Å². The number of halogens is 1. The molecule has 2 aliphatic heterocycles. The number of piperazine rings is 1. The number of nitrogens with one attached hydrogen (secondary N) is 1. The van der Waals surface area contributed by atoms with Crippen molar-refractivity contribution in [2.75, 3.05) is 50.0 Å². The van der Waals surface area contributed by atoms with E-state index in [2.05, 4.69) is 58.1 Å². The minimum atomic E-state index is 0.455. The summed E-state index contributed by atoms with van der Waals surface area (Å²) in [5, 5.41) is 3.86. The second-order valence-electron chi connectivity index (χ2n) is 8.72. The molecule has 8 heteroatoms. The molecule has 0 atom stereocenters. The summed E-state index contributed by atoms with van der Waals surface area (Å²) in [6.07, 6.45) is 5.07. The molecular weight excluding hydrogens is 424 g/mol. The van der Waals surface area contributed by atoms with Gasteiger partial charge >= 0.3 is 0 Å². The van der Waals surface area contributed by atoms with Crippen molar-refractivity contribution in [1.29, 1.82) is 0 Å². The van der Waals surface area contributed by atoms with E-state index in [4.69, 9.17) is 21.3 Å². The number of hydrogen-bond donors (Lipinski definition) is 1. The zero-order valence-electron chi connectivity index (χ0n) is 18.7. The van der Waals surface area contributed by atoms with Gasteiger partial charge in [0.2, 0.25) is 11.8 Å². The Bertz CT molecular complexity index is 1150. The van der Waals surface area contributed by atoms with Crippen LogP contribution < -0.4 is 15.0 Å². The monoisotopic (exact) mass is 450 g/mol. The molecule has 1 aromatic carbocycles. The van der Waals surface area contributed by atoms with Crippen LogP contribution in [0.2, 0.25) is 5.02 Å². The molecule has 3 aliphatic rings. The molecule has 32 heavy (non-hydrogen) atoms. The summed E-state index contributed by atoms with van der Waals surface area (Å²) in [7, 11) is 2.14. The van der Waals surface area contributed by atoms with Crippen molar-refractivity contribution in [3.8, 4) is 11.6 Å². The van der Waals surface area contributed by atoms with E-state index in [0.29, 0.717) is 29.1 Å². The summed E-state index contributed by atoms with van der Waals surface area (Å²) >= 11 is 6.70. The Morgan fingerprint density at radius 1 is 1.03 bits per heavy atom. The first-order valence-electron chi connectivity index (χ1n) is 10.9. The summed E-state index contributed by atoms with van der Waals surface area (Å²) in [6.45, 7) is 8.64. The number of anilines is 2. The predicted molar refractivity (Wildman–Crippen MR) is 130 cm³/mol. The van der Waals surface area contributed by atoms with Crippen LogP contribution in [-0.2, 0) is 6.42 Å². The molecule has 2 aromatic rings. The van der Waals surface area contributed by atoms with Gasteiger partial charge in [-0.25, -0.2) is 0 Å². The van der Waals surface area contributed by atoms with Gasteiger partial charge in [0.15, 0.2) is 0 Å². The maximum atomic E-state index is 6.70. The van der Waals surface area contributed by atoms with E-state index in [-0.39, 0.29) is 0 Å². The largest absolute Gasteiger partial charge is 0.437 e. The average molecular weight is 451 g/mol. The van der Waals surface area contributed by atoms with Crippen LogP contribution >= 0.6 is 11.6 Å². The van der Waals surface area contributed by atoms with Crippen LogP contribution in [0.5, 0.6) is 11.6 Å². The summed E-state index contributed by atoms with van der Waals surface area (Å²) < 4.78 is 6.20. The summed E-state index contributed by atoms with van der Waals surface area (Å²) in [5.74, 6) is 3.11. The van der Waals surface area contributed by atoms with Crippen molar-refractivity contribution in [3.63, 3.8) is 0 Å². The van der Waals surface area contributed by atoms with Gasteiger partial charge in [-0.2, -0.15) is 9.97 Å². The van der Waals surface area contributed by atoms with Crippen molar-refractivity contribution >= 4 is 35.3 Å². The molecular formula is C24H27ClN6O. The number of aliphatic imine (C=N–C) groups is 1. The fourth-order valence-corrected chi connectivity index (χ4v) is 4.43. The molecule has 0 amide bonds. The summed E-state index contributed by atoms with van der Waals surface area (Å²) in [5.41, 5.74) is 4.76. The Hall–Kier alpha value is -2.90. The molecule has 1 saturated heterocycles. The Morgan fingerprint density at radius 3 is 2.59 bits per heavy atom. The maximum absolute atomic E-state index is 6.70. The Balaban J connectivity index is 1.46. The van der Waals surface area contributed by atoms with Gasteiger partial charge in [-0.15, -0.1) is 0 Å². The molecule has 7 nitrogen and oxygen atoms in total. The van der Waals surface area contributed by atoms with Crippen LogP contribution in [0.1, 0.15) is 25.0 Å². The van der Waals surface area contributed by atoms with Crippen LogP contribution in [0, 0.1) is 0 Å². The maximum Gasteiger partial charge on any atom is 0.233 e. The lowest BCUT2D eigenvalue weighted by atomic mass is 10.1. The number of benzene rings is 1. The Morgan fingerprint density at radius 2 is 1.84 bits per heavy atom. The lowest BCUT2D eigenvalue weighted by Gasteiger charge is -2.33. The van der Waals surface area contributed by atoms with Gasteiger partial charge in [-0.3, -0.25) is 4.99 Å². The number of nitrogens with zero attached hydrogens (tertiary/aromatic N) is 5. The van der Waals surface area contributed by atoms with E-state index in [1.807, 2.05) is 18.2 Å². The zero-order valence-corrected chi connectivity index (χ0v) is 19.4. The molecule has 166 valence electrons. The molecule has 3 heterocycles. The molecule has 0 saturated carbocycles. The number of likely N-dealkylation sites (N-methyl/N-ethyl adjacent to an activating group) is 1. The summed E-state index contributed by atoms with van der Waals surface area (Å²) in [6, 6.07) is 5.89. The molecule has 0 bridgehead atoms. The number of hydrogen-bond acceptors (Lipinski definition) is 7. The highest BCUT2D eigenvalue weighted by atomic mass is 35.5. The van der Waals surface area contributed by atoms with Crippen molar-refractivity contribution in [3.05, 3.63) is 51.6 Å². The van der Waals surface area contributed by atoms with Crippen LogP contribution in [-0.4, -0.2) is 60.5 Å². The highest BCUT2D eigenvalue weighted by molar-refractivity contribution is 6.33. The number of rotatable bonds is 4. The second kappa shape index (κ2) is 8.56. The number of amidine groups is 1. The quantitative estimate of drug-likeness (QED) is 0.744. The van der Waals surface area contributed by atoms with E-state index in [1.165, 1.54) is 16.7 Å². The Kier molecular flexibility index (Phi) is 5.61. The summed E-state index contributed by atoms with van der Waals surface area (Å²) in [4.78, 5) is 18.4. The lowest BCUT2D eigenvalue weighted by molar-refractivity contribution is 0.312. The molecule has 5 rings (SSSR count). The van der Waals surface area contributed by atoms with Crippen LogP contribution in [0.3, 0.4) is 0 Å². The first-order valence-corrected chi connectivity index (χ1v) is 11.3. The third kappa shape index (κ3) is 4.36.